The fraction of sp³-hybridized carbons (Fsp3) is 0.533. The second-order valence-corrected chi connectivity index (χ2v) is 5.25. The zero-order valence-electron chi connectivity index (χ0n) is 11.8. The molecule has 1 atom stereocenters. The van der Waals surface area contributed by atoms with Crippen molar-refractivity contribution in [2.24, 2.45) is 5.73 Å². The van der Waals surface area contributed by atoms with E-state index in [0.29, 0.717) is 12.3 Å². The molecule has 5 heteroatoms. The standard InChI is InChI=1S/C15H22N2O2.ClH/c1-12(19-13-7-3-2-4-8-13)14(18)17-15(11-16)9-5-6-10-15;/h2-4,7-8,12H,5-6,9-11,16H2,1H3,(H,17,18);1H. The molecule has 0 saturated heterocycles. The lowest BCUT2D eigenvalue weighted by molar-refractivity contribution is -0.129. The van der Waals surface area contributed by atoms with Crippen LogP contribution in [0.5, 0.6) is 5.75 Å². The molecule has 1 unspecified atom stereocenters. The second kappa shape index (κ2) is 7.50. The summed E-state index contributed by atoms with van der Waals surface area (Å²) in [6.45, 7) is 2.26. The summed E-state index contributed by atoms with van der Waals surface area (Å²) >= 11 is 0. The molecule has 1 saturated carbocycles. The van der Waals surface area contributed by atoms with E-state index in [-0.39, 0.29) is 23.9 Å². The summed E-state index contributed by atoms with van der Waals surface area (Å²) in [7, 11) is 0. The molecule has 0 aliphatic heterocycles. The first kappa shape index (κ1) is 16.8. The van der Waals surface area contributed by atoms with Crippen LogP contribution in [0.3, 0.4) is 0 Å². The van der Waals surface area contributed by atoms with Crippen LogP contribution in [0.25, 0.3) is 0 Å². The van der Waals surface area contributed by atoms with E-state index in [1.54, 1.807) is 6.92 Å². The Balaban J connectivity index is 0.00000200. The SMILES string of the molecule is CC(Oc1ccccc1)C(=O)NC1(CN)CCCC1.Cl. The molecule has 1 fully saturated rings. The summed E-state index contributed by atoms with van der Waals surface area (Å²) in [5.74, 6) is 0.620. The molecule has 2 rings (SSSR count). The monoisotopic (exact) mass is 298 g/mol. The third-order valence-corrected chi connectivity index (χ3v) is 3.77. The van der Waals surface area contributed by atoms with Gasteiger partial charge in [-0.2, -0.15) is 0 Å². The molecule has 1 aromatic rings. The minimum atomic E-state index is -0.508. The Morgan fingerprint density at radius 2 is 1.95 bits per heavy atom. The number of ether oxygens (including phenoxy) is 1. The molecule has 4 nitrogen and oxygen atoms in total. The van der Waals surface area contributed by atoms with Gasteiger partial charge in [0.1, 0.15) is 5.75 Å². The maximum atomic E-state index is 12.2. The largest absolute Gasteiger partial charge is 0.481 e. The van der Waals surface area contributed by atoms with Gasteiger partial charge in [-0.1, -0.05) is 31.0 Å². The van der Waals surface area contributed by atoms with Crippen molar-refractivity contribution in [3.63, 3.8) is 0 Å². The molecule has 0 bridgehead atoms. The Hall–Kier alpha value is -1.26. The first-order valence-electron chi connectivity index (χ1n) is 6.89. The first-order valence-corrected chi connectivity index (χ1v) is 6.89. The van der Waals surface area contributed by atoms with Crippen LogP contribution in [0, 0.1) is 0 Å². The van der Waals surface area contributed by atoms with Crippen LogP contribution < -0.4 is 15.8 Å². The van der Waals surface area contributed by atoms with Crippen LogP contribution in [0.15, 0.2) is 30.3 Å². The van der Waals surface area contributed by atoms with Gasteiger partial charge in [0.2, 0.25) is 0 Å². The minimum Gasteiger partial charge on any atom is -0.481 e. The number of para-hydroxylation sites is 1. The molecule has 20 heavy (non-hydrogen) atoms. The Morgan fingerprint density at radius 1 is 1.35 bits per heavy atom. The summed E-state index contributed by atoms with van der Waals surface area (Å²) in [5.41, 5.74) is 5.60. The molecule has 0 aromatic heterocycles. The third-order valence-electron chi connectivity index (χ3n) is 3.77. The smallest absolute Gasteiger partial charge is 0.261 e. The number of nitrogens with one attached hydrogen (secondary N) is 1. The third kappa shape index (κ3) is 4.12. The Kier molecular flexibility index (Phi) is 6.30. The zero-order chi connectivity index (χ0) is 13.7. The van der Waals surface area contributed by atoms with Gasteiger partial charge < -0.3 is 15.8 Å². The van der Waals surface area contributed by atoms with Gasteiger partial charge in [-0.3, -0.25) is 4.79 Å². The average molecular weight is 299 g/mol. The first-order chi connectivity index (χ1) is 9.15. The highest BCUT2D eigenvalue weighted by molar-refractivity contribution is 5.85. The van der Waals surface area contributed by atoms with E-state index >= 15 is 0 Å². The Morgan fingerprint density at radius 3 is 2.50 bits per heavy atom. The van der Waals surface area contributed by atoms with Gasteiger partial charge in [0, 0.05) is 6.54 Å². The molecule has 1 aliphatic rings. The quantitative estimate of drug-likeness (QED) is 0.876. The molecule has 0 spiro atoms. The normalized spacial score (nSPS) is 17.9. The van der Waals surface area contributed by atoms with Crippen LogP contribution in [0.4, 0.5) is 0 Å². The number of halogens is 1. The van der Waals surface area contributed by atoms with E-state index in [0.717, 1.165) is 25.7 Å². The molecular weight excluding hydrogens is 276 g/mol. The van der Waals surface area contributed by atoms with Gasteiger partial charge in [-0.25, -0.2) is 0 Å². The topological polar surface area (TPSA) is 64.3 Å². The molecule has 1 aliphatic carbocycles. The number of nitrogens with two attached hydrogens (primary N) is 1. The van der Waals surface area contributed by atoms with Gasteiger partial charge in [0.05, 0.1) is 5.54 Å². The van der Waals surface area contributed by atoms with Crippen molar-refractivity contribution < 1.29 is 9.53 Å². The van der Waals surface area contributed by atoms with Crippen LogP contribution in [-0.2, 0) is 4.79 Å². The van der Waals surface area contributed by atoms with E-state index in [1.165, 1.54) is 0 Å². The fourth-order valence-corrected chi connectivity index (χ4v) is 2.55. The van der Waals surface area contributed by atoms with Crippen LogP contribution in [0.2, 0.25) is 0 Å². The lowest BCUT2D eigenvalue weighted by Crippen LogP contribution is -2.54. The number of amides is 1. The van der Waals surface area contributed by atoms with Gasteiger partial charge in [-0.05, 0) is 31.9 Å². The molecule has 0 heterocycles. The second-order valence-electron chi connectivity index (χ2n) is 5.25. The number of hydrogen-bond acceptors (Lipinski definition) is 3. The van der Waals surface area contributed by atoms with Crippen molar-refractivity contribution >= 4 is 18.3 Å². The van der Waals surface area contributed by atoms with Gasteiger partial charge in [0.25, 0.3) is 5.91 Å². The van der Waals surface area contributed by atoms with Crippen molar-refractivity contribution in [3.8, 4) is 5.75 Å². The lowest BCUT2D eigenvalue weighted by Gasteiger charge is -2.30. The van der Waals surface area contributed by atoms with Gasteiger partial charge >= 0.3 is 0 Å². The molecule has 0 radical (unpaired) electrons. The number of benzene rings is 1. The summed E-state index contributed by atoms with van der Waals surface area (Å²) in [6.07, 6.45) is 3.68. The van der Waals surface area contributed by atoms with Crippen LogP contribution >= 0.6 is 12.4 Å². The van der Waals surface area contributed by atoms with Gasteiger partial charge in [0.15, 0.2) is 6.10 Å². The highest BCUT2D eigenvalue weighted by Crippen LogP contribution is 2.28. The molecule has 3 N–H and O–H groups in total. The highest BCUT2D eigenvalue weighted by Gasteiger charge is 2.35. The predicted molar refractivity (Wildman–Crippen MR) is 82.2 cm³/mol. The van der Waals surface area contributed by atoms with E-state index in [1.807, 2.05) is 30.3 Å². The predicted octanol–water partition coefficient (Wildman–Crippen LogP) is 2.26. The maximum absolute atomic E-state index is 12.2. The van der Waals surface area contributed by atoms with Crippen molar-refractivity contribution in [1.29, 1.82) is 0 Å². The number of carbonyl (C=O) groups is 1. The molecule has 1 aromatic carbocycles. The minimum absolute atomic E-state index is 0. The average Bonchev–Trinajstić information content (AvgIpc) is 2.89. The number of hydrogen-bond donors (Lipinski definition) is 2. The van der Waals surface area contributed by atoms with E-state index in [4.69, 9.17) is 10.5 Å². The van der Waals surface area contributed by atoms with E-state index < -0.39 is 6.10 Å². The fourth-order valence-electron chi connectivity index (χ4n) is 2.55. The summed E-state index contributed by atoms with van der Waals surface area (Å²) in [6, 6.07) is 9.38. The van der Waals surface area contributed by atoms with Crippen molar-refractivity contribution in [2.45, 2.75) is 44.2 Å². The number of rotatable bonds is 5. The Bertz CT molecular complexity index is 419. The summed E-state index contributed by atoms with van der Waals surface area (Å²) < 4.78 is 5.62. The summed E-state index contributed by atoms with van der Waals surface area (Å²) in [4.78, 5) is 12.2. The molecular formula is C15H23ClN2O2. The zero-order valence-corrected chi connectivity index (χ0v) is 12.6. The summed E-state index contributed by atoms with van der Waals surface area (Å²) in [5, 5.41) is 3.07. The van der Waals surface area contributed by atoms with Crippen molar-refractivity contribution in [1.82, 2.24) is 5.32 Å². The lowest BCUT2D eigenvalue weighted by atomic mass is 9.97. The highest BCUT2D eigenvalue weighted by atomic mass is 35.5. The van der Waals surface area contributed by atoms with Crippen molar-refractivity contribution in [3.05, 3.63) is 30.3 Å². The molecule has 112 valence electrons. The van der Waals surface area contributed by atoms with Crippen LogP contribution in [0.1, 0.15) is 32.6 Å². The van der Waals surface area contributed by atoms with E-state index in [2.05, 4.69) is 5.32 Å². The maximum Gasteiger partial charge on any atom is 0.261 e. The van der Waals surface area contributed by atoms with Gasteiger partial charge in [-0.15, -0.1) is 12.4 Å². The number of carbonyl (C=O) groups excluding carboxylic acids is 1. The molecule has 1 amide bonds. The van der Waals surface area contributed by atoms with E-state index in [9.17, 15) is 4.79 Å². The van der Waals surface area contributed by atoms with Crippen molar-refractivity contribution in [2.75, 3.05) is 6.54 Å². The Labute approximate surface area is 126 Å². The van der Waals surface area contributed by atoms with Crippen LogP contribution in [-0.4, -0.2) is 24.1 Å².